The van der Waals surface area contributed by atoms with Crippen molar-refractivity contribution in [3.63, 3.8) is 0 Å². The van der Waals surface area contributed by atoms with Crippen LogP contribution in [0.1, 0.15) is 31.7 Å². The molecule has 1 aromatic carbocycles. The zero-order valence-corrected chi connectivity index (χ0v) is 12.4. The summed E-state index contributed by atoms with van der Waals surface area (Å²) in [6.45, 7) is 3.14. The maximum absolute atomic E-state index is 12.1. The zero-order valence-electron chi connectivity index (χ0n) is 11.7. The highest BCUT2D eigenvalue weighted by Crippen LogP contribution is 2.21. The molecule has 1 unspecified atom stereocenters. The molecule has 0 radical (unpaired) electrons. The van der Waals surface area contributed by atoms with Crippen LogP contribution < -0.4 is 0 Å². The largest absolute Gasteiger partial charge is 0.390 e. The Hall–Kier alpha value is -1.32. The van der Waals surface area contributed by atoms with Gasteiger partial charge in [-0.1, -0.05) is 23.7 Å². The summed E-state index contributed by atoms with van der Waals surface area (Å²) in [5.41, 5.74) is 0.263. The molecule has 2 rings (SSSR count). The van der Waals surface area contributed by atoms with E-state index in [0.29, 0.717) is 24.5 Å². The number of hydrogen-bond donors (Lipinski definition) is 1. The fourth-order valence-corrected chi connectivity index (χ4v) is 2.57. The Balaban J connectivity index is 1.98. The third-order valence-electron chi connectivity index (χ3n) is 3.64. The molecule has 0 spiro atoms. The van der Waals surface area contributed by atoms with E-state index in [0.717, 1.165) is 18.4 Å². The van der Waals surface area contributed by atoms with E-state index in [-0.39, 0.29) is 5.91 Å². The summed E-state index contributed by atoms with van der Waals surface area (Å²) >= 11 is 5.90. The molecule has 1 heterocycles. The van der Waals surface area contributed by atoms with E-state index in [1.807, 2.05) is 25.1 Å². The number of amides is 1. The van der Waals surface area contributed by atoms with Crippen LogP contribution in [0.15, 0.2) is 30.3 Å². The predicted molar refractivity (Wildman–Crippen MR) is 81.5 cm³/mol. The highest BCUT2D eigenvalue weighted by molar-refractivity contribution is 6.30. The first-order valence-electron chi connectivity index (χ1n) is 6.91. The summed E-state index contributed by atoms with van der Waals surface area (Å²) in [7, 11) is 0. The molecule has 1 atom stereocenters. The molecule has 0 bridgehead atoms. The first-order valence-corrected chi connectivity index (χ1v) is 7.29. The molecule has 0 aliphatic carbocycles. The molecule has 1 N–H and O–H groups in total. The van der Waals surface area contributed by atoms with Gasteiger partial charge in [-0.2, -0.15) is 0 Å². The highest BCUT2D eigenvalue weighted by Gasteiger charge is 2.26. The van der Waals surface area contributed by atoms with Crippen molar-refractivity contribution in [2.75, 3.05) is 13.1 Å². The number of nitrogens with zero attached hydrogens (tertiary/aromatic N) is 1. The van der Waals surface area contributed by atoms with Gasteiger partial charge >= 0.3 is 0 Å². The third kappa shape index (κ3) is 4.36. The van der Waals surface area contributed by atoms with Crippen molar-refractivity contribution < 1.29 is 9.90 Å². The standard InChI is InChI=1S/C16H20ClNO2/c1-16(20)8-3-10-18(11-9-16)15(19)7-6-13-4-2-5-14(17)12-13/h2,4-7,12,20H,3,8-11H2,1H3/b7-6+. The lowest BCUT2D eigenvalue weighted by molar-refractivity contribution is -0.126. The fraction of sp³-hybridized carbons (Fsp3) is 0.438. The van der Waals surface area contributed by atoms with Crippen LogP contribution in [0.25, 0.3) is 6.08 Å². The van der Waals surface area contributed by atoms with E-state index in [1.54, 1.807) is 23.1 Å². The smallest absolute Gasteiger partial charge is 0.246 e. The van der Waals surface area contributed by atoms with Crippen LogP contribution >= 0.6 is 11.6 Å². The minimum Gasteiger partial charge on any atom is -0.390 e. The van der Waals surface area contributed by atoms with E-state index < -0.39 is 5.60 Å². The SMILES string of the molecule is CC1(O)CCCN(C(=O)/C=C/c2cccc(Cl)c2)CC1. The Morgan fingerprint density at radius 1 is 1.40 bits per heavy atom. The average Bonchev–Trinajstić information content (AvgIpc) is 2.57. The lowest BCUT2D eigenvalue weighted by Gasteiger charge is -2.21. The van der Waals surface area contributed by atoms with E-state index in [9.17, 15) is 9.90 Å². The van der Waals surface area contributed by atoms with E-state index in [4.69, 9.17) is 11.6 Å². The second-order valence-corrected chi connectivity index (χ2v) is 6.00. The average molecular weight is 294 g/mol. The van der Waals surface area contributed by atoms with Gasteiger partial charge in [0.25, 0.3) is 0 Å². The number of hydrogen-bond acceptors (Lipinski definition) is 2. The van der Waals surface area contributed by atoms with Crippen molar-refractivity contribution in [2.24, 2.45) is 0 Å². The van der Waals surface area contributed by atoms with Crippen LogP contribution in [0.3, 0.4) is 0 Å². The molecule has 4 heteroatoms. The summed E-state index contributed by atoms with van der Waals surface area (Å²) in [4.78, 5) is 13.9. The molecule has 0 saturated carbocycles. The molecule has 1 saturated heterocycles. The molecule has 0 aromatic heterocycles. The quantitative estimate of drug-likeness (QED) is 0.851. The van der Waals surface area contributed by atoms with Crippen LogP contribution in [-0.2, 0) is 4.79 Å². The predicted octanol–water partition coefficient (Wildman–Crippen LogP) is 3.12. The van der Waals surface area contributed by atoms with E-state index >= 15 is 0 Å². The Bertz CT molecular complexity index is 511. The number of benzene rings is 1. The van der Waals surface area contributed by atoms with Gasteiger partial charge in [0, 0.05) is 24.2 Å². The minimum absolute atomic E-state index is 0.0114. The second kappa shape index (κ2) is 6.42. The van der Waals surface area contributed by atoms with Gasteiger partial charge in [0.1, 0.15) is 0 Å². The van der Waals surface area contributed by atoms with Crippen LogP contribution in [0, 0.1) is 0 Å². The minimum atomic E-state index is -0.647. The van der Waals surface area contributed by atoms with Crippen molar-refractivity contribution in [1.82, 2.24) is 4.90 Å². The molecule has 3 nitrogen and oxygen atoms in total. The van der Waals surface area contributed by atoms with Crippen molar-refractivity contribution in [2.45, 2.75) is 31.8 Å². The van der Waals surface area contributed by atoms with Crippen molar-refractivity contribution in [3.8, 4) is 0 Å². The van der Waals surface area contributed by atoms with Crippen molar-refractivity contribution in [1.29, 1.82) is 0 Å². The number of aliphatic hydroxyl groups is 1. The first kappa shape index (κ1) is 15.1. The Morgan fingerprint density at radius 3 is 2.95 bits per heavy atom. The molecule has 1 amide bonds. The summed E-state index contributed by atoms with van der Waals surface area (Å²) in [6.07, 6.45) is 5.56. The lowest BCUT2D eigenvalue weighted by atomic mass is 9.98. The van der Waals surface area contributed by atoms with Gasteiger partial charge < -0.3 is 10.0 Å². The number of rotatable bonds is 2. The van der Waals surface area contributed by atoms with Crippen molar-refractivity contribution in [3.05, 3.63) is 40.9 Å². The van der Waals surface area contributed by atoms with Gasteiger partial charge in [-0.05, 0) is 50.0 Å². The van der Waals surface area contributed by atoms with Crippen LogP contribution in [0.2, 0.25) is 5.02 Å². The lowest BCUT2D eigenvalue weighted by Crippen LogP contribution is -2.32. The number of carbonyl (C=O) groups is 1. The summed E-state index contributed by atoms with van der Waals surface area (Å²) < 4.78 is 0. The van der Waals surface area contributed by atoms with Gasteiger partial charge in [-0.25, -0.2) is 0 Å². The number of halogens is 1. The van der Waals surface area contributed by atoms with Crippen LogP contribution in [0.4, 0.5) is 0 Å². The highest BCUT2D eigenvalue weighted by atomic mass is 35.5. The molecular weight excluding hydrogens is 274 g/mol. The zero-order chi connectivity index (χ0) is 14.6. The number of likely N-dealkylation sites (tertiary alicyclic amines) is 1. The van der Waals surface area contributed by atoms with Crippen molar-refractivity contribution >= 4 is 23.6 Å². The first-order chi connectivity index (χ1) is 9.46. The summed E-state index contributed by atoms with van der Waals surface area (Å²) in [5.74, 6) is -0.0114. The molecule has 108 valence electrons. The van der Waals surface area contributed by atoms with Gasteiger partial charge in [0.15, 0.2) is 0 Å². The number of carbonyl (C=O) groups excluding carboxylic acids is 1. The monoisotopic (exact) mass is 293 g/mol. The van der Waals surface area contributed by atoms with Gasteiger partial charge in [-0.3, -0.25) is 4.79 Å². The van der Waals surface area contributed by atoms with Gasteiger partial charge in [0.2, 0.25) is 5.91 Å². The molecular formula is C16H20ClNO2. The molecule has 1 fully saturated rings. The van der Waals surface area contributed by atoms with Gasteiger partial charge in [0.05, 0.1) is 5.60 Å². The summed E-state index contributed by atoms with van der Waals surface area (Å²) in [6, 6.07) is 7.38. The maximum atomic E-state index is 12.1. The van der Waals surface area contributed by atoms with Crippen LogP contribution in [0.5, 0.6) is 0 Å². The van der Waals surface area contributed by atoms with E-state index in [2.05, 4.69) is 0 Å². The maximum Gasteiger partial charge on any atom is 0.246 e. The topological polar surface area (TPSA) is 40.5 Å². The molecule has 1 aromatic rings. The Kier molecular flexibility index (Phi) is 4.84. The Labute approximate surface area is 124 Å². The molecule has 1 aliphatic rings. The van der Waals surface area contributed by atoms with Gasteiger partial charge in [-0.15, -0.1) is 0 Å². The summed E-state index contributed by atoms with van der Waals surface area (Å²) in [5, 5.41) is 10.7. The third-order valence-corrected chi connectivity index (χ3v) is 3.88. The normalized spacial score (nSPS) is 23.9. The fourth-order valence-electron chi connectivity index (χ4n) is 2.37. The molecule has 20 heavy (non-hydrogen) atoms. The van der Waals surface area contributed by atoms with Crippen LogP contribution in [-0.4, -0.2) is 34.6 Å². The second-order valence-electron chi connectivity index (χ2n) is 5.56. The Morgan fingerprint density at radius 2 is 2.20 bits per heavy atom. The molecule has 1 aliphatic heterocycles. The van der Waals surface area contributed by atoms with E-state index in [1.165, 1.54) is 0 Å².